The van der Waals surface area contributed by atoms with E-state index >= 15 is 0 Å². The number of ether oxygens (including phenoxy) is 1. The van der Waals surface area contributed by atoms with Gasteiger partial charge in [0.25, 0.3) is 0 Å². The first-order chi connectivity index (χ1) is 15.6. The first-order valence-electron chi connectivity index (χ1n) is 10.0. The molecule has 6 heteroatoms. The highest BCUT2D eigenvalue weighted by atomic mass is 35.5. The summed E-state index contributed by atoms with van der Waals surface area (Å²) in [7, 11) is 0. The summed E-state index contributed by atoms with van der Waals surface area (Å²) >= 11 is 7.57. The molecule has 4 aromatic rings. The van der Waals surface area contributed by atoms with Crippen LogP contribution in [0, 0.1) is 6.92 Å². The van der Waals surface area contributed by atoms with Crippen LogP contribution in [-0.2, 0) is 11.4 Å². The number of thiazole rings is 1. The summed E-state index contributed by atoms with van der Waals surface area (Å²) in [6.07, 6.45) is 3.24. The predicted octanol–water partition coefficient (Wildman–Crippen LogP) is 7.00. The van der Waals surface area contributed by atoms with Crippen molar-refractivity contribution in [1.82, 2.24) is 4.98 Å². The molecule has 0 aliphatic carbocycles. The van der Waals surface area contributed by atoms with Gasteiger partial charge >= 0.3 is 0 Å². The van der Waals surface area contributed by atoms with Gasteiger partial charge in [0.05, 0.1) is 5.69 Å². The largest absolute Gasteiger partial charge is 0.489 e. The average Bonchev–Trinajstić information content (AvgIpc) is 3.26. The number of benzene rings is 3. The van der Waals surface area contributed by atoms with E-state index in [2.05, 4.69) is 41.5 Å². The van der Waals surface area contributed by atoms with E-state index in [1.165, 1.54) is 23.0 Å². The van der Waals surface area contributed by atoms with E-state index in [1.54, 1.807) is 6.08 Å². The maximum atomic E-state index is 12.3. The second-order valence-corrected chi connectivity index (χ2v) is 8.45. The Hall–Kier alpha value is -3.41. The average molecular weight is 461 g/mol. The molecule has 0 atom stereocenters. The van der Waals surface area contributed by atoms with Crippen LogP contribution in [0.2, 0.25) is 5.02 Å². The molecule has 0 aliphatic heterocycles. The Morgan fingerprint density at radius 3 is 2.56 bits per heavy atom. The number of anilines is 1. The summed E-state index contributed by atoms with van der Waals surface area (Å²) in [5.41, 5.74) is 4.83. The number of halogens is 1. The Morgan fingerprint density at radius 2 is 1.81 bits per heavy atom. The maximum Gasteiger partial charge on any atom is 0.250 e. The van der Waals surface area contributed by atoms with Crippen LogP contribution < -0.4 is 10.1 Å². The zero-order valence-corrected chi connectivity index (χ0v) is 19.0. The zero-order chi connectivity index (χ0) is 22.3. The lowest BCUT2D eigenvalue weighted by Gasteiger charge is -2.07. The lowest BCUT2D eigenvalue weighted by molar-refractivity contribution is -0.111. The van der Waals surface area contributed by atoms with Gasteiger partial charge in [0, 0.05) is 22.0 Å². The fourth-order valence-corrected chi connectivity index (χ4v) is 3.91. The SMILES string of the molecule is Cc1ccc(COc2ccc(/C=C/C(=O)Nc3nc(-c4ccccc4Cl)cs3)cc2)cc1. The molecular formula is C26H21ClN2O2S. The highest BCUT2D eigenvalue weighted by molar-refractivity contribution is 7.14. The number of rotatable bonds is 7. The quantitative estimate of drug-likeness (QED) is 0.302. The first-order valence-corrected chi connectivity index (χ1v) is 11.3. The Bertz CT molecular complexity index is 1230. The van der Waals surface area contributed by atoms with Gasteiger partial charge in [0.2, 0.25) is 5.91 Å². The highest BCUT2D eigenvalue weighted by Crippen LogP contribution is 2.30. The third kappa shape index (κ3) is 5.84. The van der Waals surface area contributed by atoms with E-state index in [4.69, 9.17) is 16.3 Å². The number of carbonyl (C=O) groups is 1. The third-order valence-corrected chi connectivity index (χ3v) is 5.80. The van der Waals surface area contributed by atoms with Gasteiger partial charge in [-0.25, -0.2) is 4.98 Å². The Kier molecular flexibility index (Phi) is 7.00. The minimum Gasteiger partial charge on any atom is -0.489 e. The number of nitrogens with one attached hydrogen (secondary N) is 1. The lowest BCUT2D eigenvalue weighted by atomic mass is 10.1. The summed E-state index contributed by atoms with van der Waals surface area (Å²) in [6.45, 7) is 2.58. The van der Waals surface area contributed by atoms with Crippen LogP contribution in [0.15, 0.2) is 84.3 Å². The van der Waals surface area contributed by atoms with E-state index < -0.39 is 0 Å². The fraction of sp³-hybridized carbons (Fsp3) is 0.0769. The molecule has 0 spiro atoms. The molecule has 0 radical (unpaired) electrons. The zero-order valence-electron chi connectivity index (χ0n) is 17.4. The second kappa shape index (κ2) is 10.3. The summed E-state index contributed by atoms with van der Waals surface area (Å²) in [5, 5.41) is 5.81. The number of amides is 1. The molecular weight excluding hydrogens is 440 g/mol. The smallest absolute Gasteiger partial charge is 0.250 e. The van der Waals surface area contributed by atoms with Crippen molar-refractivity contribution < 1.29 is 9.53 Å². The van der Waals surface area contributed by atoms with Crippen molar-refractivity contribution in [2.75, 3.05) is 5.32 Å². The second-order valence-electron chi connectivity index (χ2n) is 7.18. The van der Waals surface area contributed by atoms with Crippen LogP contribution >= 0.6 is 22.9 Å². The van der Waals surface area contributed by atoms with Gasteiger partial charge < -0.3 is 4.74 Å². The van der Waals surface area contributed by atoms with Crippen LogP contribution in [0.3, 0.4) is 0 Å². The molecule has 160 valence electrons. The van der Waals surface area contributed by atoms with Gasteiger partial charge in [-0.05, 0) is 42.3 Å². The molecule has 1 heterocycles. The van der Waals surface area contributed by atoms with Crippen LogP contribution in [0.5, 0.6) is 5.75 Å². The van der Waals surface area contributed by atoms with Crippen molar-refractivity contribution in [2.45, 2.75) is 13.5 Å². The third-order valence-electron chi connectivity index (χ3n) is 4.72. The van der Waals surface area contributed by atoms with Gasteiger partial charge in [-0.3, -0.25) is 10.1 Å². The first kappa shape index (κ1) is 21.8. The topological polar surface area (TPSA) is 51.2 Å². The molecule has 4 rings (SSSR count). The normalized spacial score (nSPS) is 10.9. The van der Waals surface area contributed by atoms with Crippen LogP contribution in [0.25, 0.3) is 17.3 Å². The molecule has 3 aromatic carbocycles. The van der Waals surface area contributed by atoms with Crippen LogP contribution in [0.1, 0.15) is 16.7 Å². The lowest BCUT2D eigenvalue weighted by Crippen LogP contribution is -2.07. The minimum absolute atomic E-state index is 0.246. The number of aryl methyl sites for hydroxylation is 1. The maximum absolute atomic E-state index is 12.3. The summed E-state index contributed by atoms with van der Waals surface area (Å²) in [6, 6.07) is 23.4. The Balaban J connectivity index is 1.31. The molecule has 0 unspecified atom stereocenters. The van der Waals surface area contributed by atoms with Crippen LogP contribution in [0.4, 0.5) is 5.13 Å². The summed E-state index contributed by atoms with van der Waals surface area (Å²) in [4.78, 5) is 16.7. The molecule has 1 N–H and O–H groups in total. The molecule has 0 saturated carbocycles. The predicted molar refractivity (Wildman–Crippen MR) is 132 cm³/mol. The van der Waals surface area contributed by atoms with Crippen LogP contribution in [-0.4, -0.2) is 10.9 Å². The molecule has 0 fully saturated rings. The molecule has 0 bridgehead atoms. The standard InChI is InChI=1S/C26H21ClN2O2S/c1-18-6-8-20(9-7-18)16-31-21-13-10-19(11-14-21)12-15-25(30)29-26-28-24(17-32-26)22-4-2-3-5-23(22)27/h2-15,17H,16H2,1H3,(H,28,29,30)/b15-12+. The van der Waals surface area contributed by atoms with Crippen molar-refractivity contribution in [1.29, 1.82) is 0 Å². The Labute approximate surface area is 196 Å². The van der Waals surface area contributed by atoms with E-state index in [0.29, 0.717) is 16.8 Å². The van der Waals surface area contributed by atoms with Crippen molar-refractivity contribution in [3.8, 4) is 17.0 Å². The van der Waals surface area contributed by atoms with E-state index in [1.807, 2.05) is 53.9 Å². The number of aromatic nitrogens is 1. The van der Waals surface area contributed by atoms with E-state index in [-0.39, 0.29) is 5.91 Å². The minimum atomic E-state index is -0.246. The molecule has 0 saturated heterocycles. The van der Waals surface area contributed by atoms with Crippen molar-refractivity contribution >= 4 is 40.1 Å². The molecule has 0 aliphatic rings. The molecule has 1 amide bonds. The van der Waals surface area contributed by atoms with Crippen molar-refractivity contribution in [3.63, 3.8) is 0 Å². The Morgan fingerprint density at radius 1 is 1.06 bits per heavy atom. The van der Waals surface area contributed by atoms with E-state index in [0.717, 1.165) is 28.1 Å². The van der Waals surface area contributed by atoms with Crippen molar-refractivity contribution in [2.24, 2.45) is 0 Å². The van der Waals surface area contributed by atoms with Gasteiger partial charge in [-0.2, -0.15) is 0 Å². The number of carbonyl (C=O) groups excluding carboxylic acids is 1. The monoisotopic (exact) mass is 460 g/mol. The molecule has 1 aromatic heterocycles. The number of hydrogen-bond acceptors (Lipinski definition) is 4. The van der Waals surface area contributed by atoms with Crippen molar-refractivity contribution in [3.05, 3.63) is 106 Å². The number of nitrogens with zero attached hydrogens (tertiary/aromatic N) is 1. The van der Waals surface area contributed by atoms with E-state index in [9.17, 15) is 4.79 Å². The number of hydrogen-bond donors (Lipinski definition) is 1. The van der Waals surface area contributed by atoms with Gasteiger partial charge in [0.1, 0.15) is 12.4 Å². The fourth-order valence-electron chi connectivity index (χ4n) is 2.97. The van der Waals surface area contributed by atoms with Gasteiger partial charge in [-0.1, -0.05) is 71.8 Å². The highest BCUT2D eigenvalue weighted by Gasteiger charge is 2.09. The van der Waals surface area contributed by atoms with Gasteiger partial charge in [-0.15, -0.1) is 11.3 Å². The molecule has 32 heavy (non-hydrogen) atoms. The van der Waals surface area contributed by atoms with Gasteiger partial charge in [0.15, 0.2) is 5.13 Å². The summed E-state index contributed by atoms with van der Waals surface area (Å²) in [5.74, 6) is 0.534. The molecule has 4 nitrogen and oxygen atoms in total. The summed E-state index contributed by atoms with van der Waals surface area (Å²) < 4.78 is 5.82.